The third kappa shape index (κ3) is 3.83. The molecule has 1 amide bonds. The van der Waals surface area contributed by atoms with Gasteiger partial charge in [-0.25, -0.2) is 4.98 Å². The van der Waals surface area contributed by atoms with E-state index in [9.17, 15) is 14.9 Å². The van der Waals surface area contributed by atoms with E-state index < -0.39 is 10.8 Å². The molecule has 0 aliphatic rings. The smallest absolute Gasteiger partial charge is 0.273 e. The fraction of sp³-hybridized carbons (Fsp3) is 0.143. The topological polar surface area (TPSA) is 105 Å². The van der Waals surface area contributed by atoms with Crippen molar-refractivity contribution >= 4 is 17.4 Å². The molecule has 108 valence electrons. The second kappa shape index (κ2) is 6.58. The number of hydrogen-bond acceptors (Lipinski definition) is 5. The molecule has 0 unspecified atom stereocenters. The molecule has 0 saturated carbocycles. The molecule has 2 N–H and O–H groups in total. The Morgan fingerprint density at radius 1 is 1.33 bits per heavy atom. The summed E-state index contributed by atoms with van der Waals surface area (Å²) in [6, 6.07) is 9.24. The monoisotopic (exact) mass is 287 g/mol. The van der Waals surface area contributed by atoms with E-state index in [1.807, 2.05) is 0 Å². The molecule has 2 aromatic rings. The van der Waals surface area contributed by atoms with E-state index >= 15 is 0 Å². The second-order valence-electron chi connectivity index (χ2n) is 4.32. The lowest BCUT2D eigenvalue weighted by Gasteiger charge is -2.06. The number of para-hydroxylation sites is 1. The number of amides is 1. The van der Waals surface area contributed by atoms with Crippen LogP contribution in [0, 0.1) is 10.1 Å². The number of nitrogens with one attached hydrogen (secondary N) is 1. The highest BCUT2D eigenvalue weighted by atomic mass is 16.6. The summed E-state index contributed by atoms with van der Waals surface area (Å²) in [4.78, 5) is 26.2. The zero-order valence-corrected chi connectivity index (χ0v) is 11.0. The fourth-order valence-electron chi connectivity index (χ4n) is 1.84. The van der Waals surface area contributed by atoms with E-state index in [1.54, 1.807) is 18.2 Å². The van der Waals surface area contributed by atoms with Crippen LogP contribution >= 0.6 is 0 Å². The van der Waals surface area contributed by atoms with Gasteiger partial charge in [-0.3, -0.25) is 14.9 Å². The van der Waals surface area contributed by atoms with Crippen molar-refractivity contribution < 1.29 is 14.8 Å². The molecule has 0 aliphatic carbocycles. The van der Waals surface area contributed by atoms with Crippen LogP contribution in [0.4, 0.5) is 11.5 Å². The first kappa shape index (κ1) is 14.6. The van der Waals surface area contributed by atoms with E-state index in [1.165, 1.54) is 24.4 Å². The number of nitro groups is 1. The quantitative estimate of drug-likeness (QED) is 0.642. The Kier molecular flexibility index (Phi) is 4.57. The molecule has 0 spiro atoms. The largest absolute Gasteiger partial charge is 0.392 e. The van der Waals surface area contributed by atoms with Gasteiger partial charge in [0.2, 0.25) is 5.91 Å². The van der Waals surface area contributed by atoms with Gasteiger partial charge in [-0.15, -0.1) is 0 Å². The molecule has 1 aromatic carbocycles. The molecule has 1 heterocycles. The Morgan fingerprint density at radius 3 is 2.81 bits per heavy atom. The number of hydrogen-bond donors (Lipinski definition) is 2. The van der Waals surface area contributed by atoms with Crippen molar-refractivity contribution in [1.29, 1.82) is 0 Å². The lowest BCUT2D eigenvalue weighted by Crippen LogP contribution is -2.16. The number of aliphatic hydroxyl groups is 1. The van der Waals surface area contributed by atoms with Crippen LogP contribution in [0.5, 0.6) is 0 Å². The van der Waals surface area contributed by atoms with E-state index in [-0.39, 0.29) is 18.7 Å². The van der Waals surface area contributed by atoms with Crippen LogP contribution in [0.25, 0.3) is 0 Å². The number of aliphatic hydroxyl groups excluding tert-OH is 1. The summed E-state index contributed by atoms with van der Waals surface area (Å²) in [6.45, 7) is -0.157. The Labute approximate surface area is 120 Å². The van der Waals surface area contributed by atoms with Crippen LogP contribution in [-0.4, -0.2) is 20.9 Å². The number of aromatic nitrogens is 1. The van der Waals surface area contributed by atoms with Crippen LogP contribution in [0.3, 0.4) is 0 Å². The molecule has 1 aromatic heterocycles. The predicted molar refractivity (Wildman–Crippen MR) is 75.6 cm³/mol. The number of anilines is 1. The van der Waals surface area contributed by atoms with E-state index in [0.29, 0.717) is 16.9 Å². The van der Waals surface area contributed by atoms with Gasteiger partial charge >= 0.3 is 0 Å². The van der Waals surface area contributed by atoms with Crippen molar-refractivity contribution in [2.24, 2.45) is 0 Å². The minimum Gasteiger partial charge on any atom is -0.392 e. The van der Waals surface area contributed by atoms with Gasteiger partial charge in [-0.2, -0.15) is 0 Å². The van der Waals surface area contributed by atoms with Gasteiger partial charge < -0.3 is 10.4 Å². The molecule has 2 rings (SSSR count). The summed E-state index contributed by atoms with van der Waals surface area (Å²) in [5, 5.41) is 22.4. The normalized spacial score (nSPS) is 10.1. The maximum Gasteiger partial charge on any atom is 0.273 e. The van der Waals surface area contributed by atoms with Crippen molar-refractivity contribution in [3.05, 3.63) is 63.8 Å². The number of benzene rings is 1. The van der Waals surface area contributed by atoms with Crippen molar-refractivity contribution in [3.63, 3.8) is 0 Å². The number of nitro benzene ring substituents is 1. The molecule has 21 heavy (non-hydrogen) atoms. The lowest BCUT2D eigenvalue weighted by atomic mass is 10.1. The summed E-state index contributed by atoms with van der Waals surface area (Å²) in [5.41, 5.74) is 0.856. The van der Waals surface area contributed by atoms with Crippen LogP contribution in [-0.2, 0) is 17.8 Å². The van der Waals surface area contributed by atoms with Gasteiger partial charge in [-0.1, -0.05) is 18.2 Å². The number of pyridine rings is 1. The van der Waals surface area contributed by atoms with Crippen molar-refractivity contribution in [3.8, 4) is 0 Å². The summed E-state index contributed by atoms with van der Waals surface area (Å²) in [6.07, 6.45) is 1.34. The first-order valence-electron chi connectivity index (χ1n) is 6.18. The minimum atomic E-state index is -0.521. The third-order valence-corrected chi connectivity index (χ3v) is 2.81. The summed E-state index contributed by atoms with van der Waals surface area (Å²) < 4.78 is 0. The Hall–Kier alpha value is -2.80. The zero-order valence-electron chi connectivity index (χ0n) is 11.0. The highest BCUT2D eigenvalue weighted by molar-refractivity contribution is 5.92. The number of rotatable bonds is 5. The zero-order chi connectivity index (χ0) is 15.2. The number of nitrogens with zero attached hydrogens (tertiary/aromatic N) is 2. The highest BCUT2D eigenvalue weighted by Crippen LogP contribution is 2.18. The van der Waals surface area contributed by atoms with Gasteiger partial charge in [0.15, 0.2) is 0 Å². The fourth-order valence-corrected chi connectivity index (χ4v) is 1.84. The maximum atomic E-state index is 11.9. The molecule has 0 fully saturated rings. The molecular formula is C14H13N3O4. The predicted octanol–water partition coefficient (Wildman–Crippen LogP) is 1.66. The highest BCUT2D eigenvalue weighted by Gasteiger charge is 2.15. The van der Waals surface area contributed by atoms with Crippen LogP contribution in [0.1, 0.15) is 11.1 Å². The molecule has 0 saturated heterocycles. The van der Waals surface area contributed by atoms with Crippen molar-refractivity contribution in [2.45, 2.75) is 13.0 Å². The number of carbonyl (C=O) groups is 1. The first-order chi connectivity index (χ1) is 10.1. The van der Waals surface area contributed by atoms with Crippen LogP contribution < -0.4 is 5.32 Å². The van der Waals surface area contributed by atoms with Gasteiger partial charge in [0, 0.05) is 17.8 Å². The average Bonchev–Trinajstić information content (AvgIpc) is 2.47. The first-order valence-corrected chi connectivity index (χ1v) is 6.18. The van der Waals surface area contributed by atoms with E-state index in [0.717, 1.165) is 0 Å². The Balaban J connectivity index is 2.10. The van der Waals surface area contributed by atoms with Gasteiger partial charge in [0.05, 0.1) is 18.0 Å². The van der Waals surface area contributed by atoms with E-state index in [4.69, 9.17) is 5.11 Å². The minimum absolute atomic E-state index is 0.0929. The summed E-state index contributed by atoms with van der Waals surface area (Å²) in [5.74, 6) is -0.114. The standard InChI is InChI=1S/C14H13N3O4/c18-9-10-5-6-15-13(7-10)16-14(19)8-11-3-1-2-4-12(11)17(20)21/h1-7,18H,8-9H2,(H,15,16,19). The molecule has 0 aliphatic heterocycles. The third-order valence-electron chi connectivity index (χ3n) is 2.81. The molecular weight excluding hydrogens is 274 g/mol. The van der Waals surface area contributed by atoms with Crippen LogP contribution in [0.2, 0.25) is 0 Å². The maximum absolute atomic E-state index is 11.9. The molecule has 0 bridgehead atoms. The van der Waals surface area contributed by atoms with Crippen molar-refractivity contribution in [1.82, 2.24) is 4.98 Å². The van der Waals surface area contributed by atoms with Gasteiger partial charge in [0.25, 0.3) is 5.69 Å². The molecule has 0 atom stereocenters. The Bertz CT molecular complexity index is 673. The van der Waals surface area contributed by atoms with Crippen molar-refractivity contribution in [2.75, 3.05) is 5.32 Å². The summed E-state index contributed by atoms with van der Waals surface area (Å²) >= 11 is 0. The Morgan fingerprint density at radius 2 is 2.10 bits per heavy atom. The molecule has 7 heteroatoms. The average molecular weight is 287 g/mol. The number of carbonyl (C=O) groups excluding carboxylic acids is 1. The SMILES string of the molecule is O=C(Cc1ccccc1[N+](=O)[O-])Nc1cc(CO)ccn1. The van der Waals surface area contributed by atoms with Gasteiger partial charge in [-0.05, 0) is 17.7 Å². The lowest BCUT2D eigenvalue weighted by molar-refractivity contribution is -0.385. The molecule has 0 radical (unpaired) electrons. The summed E-state index contributed by atoms with van der Waals surface area (Å²) in [7, 11) is 0. The van der Waals surface area contributed by atoms with Gasteiger partial charge in [0.1, 0.15) is 5.82 Å². The second-order valence-corrected chi connectivity index (χ2v) is 4.32. The van der Waals surface area contributed by atoms with E-state index in [2.05, 4.69) is 10.3 Å². The van der Waals surface area contributed by atoms with Crippen LogP contribution in [0.15, 0.2) is 42.6 Å². The molecule has 7 nitrogen and oxygen atoms in total.